The van der Waals surface area contributed by atoms with Crippen molar-refractivity contribution in [2.45, 2.75) is 111 Å². The second-order valence-electron chi connectivity index (χ2n) is 14.2. The third kappa shape index (κ3) is 5.33. The summed E-state index contributed by atoms with van der Waals surface area (Å²) in [7, 11) is -2.05. The molecule has 0 aromatic carbocycles. The van der Waals surface area contributed by atoms with E-state index in [-0.39, 0.29) is 58.4 Å². The number of carbonyl (C=O) groups is 1. The Morgan fingerprint density at radius 1 is 1.00 bits per heavy atom. The molecule has 2 N–H and O–H groups in total. The first-order valence-corrected chi connectivity index (χ1v) is 16.8. The van der Waals surface area contributed by atoms with Crippen LogP contribution in [0.5, 0.6) is 0 Å². The zero-order chi connectivity index (χ0) is 28.2. The molecule has 0 aromatic rings. The van der Waals surface area contributed by atoms with Crippen LogP contribution in [0.4, 0.5) is 0 Å². The second-order valence-corrected chi connectivity index (χ2v) is 15.8. The third-order valence-electron chi connectivity index (χ3n) is 12.1. The fourth-order valence-corrected chi connectivity index (χ4v) is 10.6. The number of aliphatic hydroxyl groups is 2. The van der Waals surface area contributed by atoms with Gasteiger partial charge in [0.25, 0.3) is 10.1 Å². The molecular formula is C30H52O7S. The minimum Gasteiger partial charge on any atom is -0.469 e. The van der Waals surface area contributed by atoms with E-state index < -0.39 is 22.3 Å². The van der Waals surface area contributed by atoms with Gasteiger partial charge in [0, 0.05) is 0 Å². The van der Waals surface area contributed by atoms with E-state index in [2.05, 4.69) is 34.6 Å². The zero-order valence-corrected chi connectivity index (χ0v) is 25.4. The van der Waals surface area contributed by atoms with Crippen molar-refractivity contribution in [3.05, 3.63) is 0 Å². The van der Waals surface area contributed by atoms with Crippen LogP contribution in [0.1, 0.15) is 92.4 Å². The van der Waals surface area contributed by atoms with E-state index in [4.69, 9.17) is 8.92 Å². The molecule has 0 amide bonds. The predicted molar refractivity (Wildman–Crippen MR) is 146 cm³/mol. The van der Waals surface area contributed by atoms with Crippen molar-refractivity contribution in [3.8, 4) is 0 Å². The van der Waals surface area contributed by atoms with Gasteiger partial charge in [-0.25, -0.2) is 0 Å². The van der Waals surface area contributed by atoms with Gasteiger partial charge in [0.1, 0.15) is 0 Å². The summed E-state index contributed by atoms with van der Waals surface area (Å²) in [5.74, 6) is 1.56. The monoisotopic (exact) mass is 556 g/mol. The highest BCUT2D eigenvalue weighted by Crippen LogP contribution is 2.68. The van der Waals surface area contributed by atoms with Crippen LogP contribution < -0.4 is 0 Å². The van der Waals surface area contributed by atoms with Crippen LogP contribution in [-0.2, 0) is 23.8 Å². The molecule has 8 heteroatoms. The van der Waals surface area contributed by atoms with E-state index in [9.17, 15) is 23.4 Å². The van der Waals surface area contributed by atoms with Gasteiger partial charge in [-0.15, -0.1) is 0 Å². The van der Waals surface area contributed by atoms with E-state index >= 15 is 0 Å². The van der Waals surface area contributed by atoms with Gasteiger partial charge in [0.2, 0.25) is 0 Å². The van der Waals surface area contributed by atoms with Gasteiger partial charge < -0.3 is 14.9 Å². The molecule has 12 atom stereocenters. The molecule has 0 saturated heterocycles. The maximum atomic E-state index is 12.3. The Labute approximate surface area is 230 Å². The van der Waals surface area contributed by atoms with Crippen molar-refractivity contribution >= 4 is 16.1 Å². The Hall–Kier alpha value is -0.700. The molecule has 4 aliphatic carbocycles. The smallest absolute Gasteiger partial charge is 0.308 e. The van der Waals surface area contributed by atoms with E-state index in [0.717, 1.165) is 38.4 Å². The molecule has 4 rings (SSSR count). The van der Waals surface area contributed by atoms with Gasteiger partial charge >= 0.3 is 5.97 Å². The van der Waals surface area contributed by atoms with Gasteiger partial charge in [-0.1, -0.05) is 34.6 Å². The van der Waals surface area contributed by atoms with Crippen LogP contribution in [0, 0.1) is 58.2 Å². The van der Waals surface area contributed by atoms with E-state index in [1.165, 1.54) is 7.11 Å². The highest BCUT2D eigenvalue weighted by atomic mass is 32.2. The maximum Gasteiger partial charge on any atom is 0.308 e. The lowest BCUT2D eigenvalue weighted by Crippen LogP contribution is -2.62. The molecule has 220 valence electrons. The normalized spacial score (nSPS) is 44.6. The summed E-state index contributed by atoms with van der Waals surface area (Å²) in [4.78, 5) is 12.3. The van der Waals surface area contributed by atoms with Crippen molar-refractivity contribution in [1.82, 2.24) is 0 Å². The SMILES string of the molecule is COC(=O)C(CC[C@@H](C)[C@H]1CC[C@H]2[C@@H]3[C@H](O)C[C@@H]4C[C@H](OS(C)(=O)=O)CC[C@]4(C)[C@H]3C[C@H](O)[C@]12C)C(C)C. The van der Waals surface area contributed by atoms with E-state index in [1.54, 1.807) is 0 Å². The summed E-state index contributed by atoms with van der Waals surface area (Å²) in [6, 6.07) is 0. The summed E-state index contributed by atoms with van der Waals surface area (Å²) >= 11 is 0. The number of ether oxygens (including phenoxy) is 1. The minimum atomic E-state index is -3.51. The van der Waals surface area contributed by atoms with Gasteiger partial charge in [-0.05, 0) is 110 Å². The molecule has 4 fully saturated rings. The molecule has 0 heterocycles. The molecule has 4 aliphatic rings. The first-order chi connectivity index (χ1) is 17.6. The molecule has 0 radical (unpaired) electrons. The van der Waals surface area contributed by atoms with Gasteiger partial charge in [0.05, 0.1) is 37.6 Å². The molecule has 7 nitrogen and oxygen atoms in total. The standard InChI is InChI=1S/C30H52O7S/c1-17(2)21(28(33)36-6)9-8-18(3)22-10-11-23-27-24(16-26(32)30(22,23)5)29(4)13-12-20(37-38(7,34)35)14-19(29)15-25(27)31/h17-27,31-32H,8-16H2,1-7H3/t18-,19+,20-,21?,22-,23+,24+,25-,26+,27+,29+,30-/m1/s1. The highest BCUT2D eigenvalue weighted by Gasteiger charge is 2.65. The number of carbonyl (C=O) groups excluding carboxylic acids is 1. The molecule has 0 bridgehead atoms. The molecule has 38 heavy (non-hydrogen) atoms. The fourth-order valence-electron chi connectivity index (χ4n) is 9.97. The van der Waals surface area contributed by atoms with Crippen molar-refractivity contribution in [1.29, 1.82) is 0 Å². The summed E-state index contributed by atoms with van der Waals surface area (Å²) in [6.45, 7) is 11.0. The first kappa shape index (κ1) is 30.3. The fraction of sp³-hybridized carbons (Fsp3) is 0.967. The number of aliphatic hydroxyl groups excluding tert-OH is 2. The van der Waals surface area contributed by atoms with Gasteiger partial charge in [0.15, 0.2) is 0 Å². The molecule has 0 spiro atoms. The number of hydrogen-bond donors (Lipinski definition) is 2. The largest absolute Gasteiger partial charge is 0.469 e. The molecule has 1 unspecified atom stereocenters. The van der Waals surface area contributed by atoms with Crippen LogP contribution in [0.15, 0.2) is 0 Å². The van der Waals surface area contributed by atoms with Gasteiger partial charge in [-0.2, -0.15) is 8.42 Å². The third-order valence-corrected chi connectivity index (χ3v) is 12.7. The lowest BCUT2D eigenvalue weighted by atomic mass is 9.43. The zero-order valence-electron chi connectivity index (χ0n) is 24.6. The average molecular weight is 557 g/mol. The number of hydrogen-bond acceptors (Lipinski definition) is 7. The van der Waals surface area contributed by atoms with Crippen LogP contribution >= 0.6 is 0 Å². The second kappa shape index (κ2) is 10.9. The van der Waals surface area contributed by atoms with Crippen molar-refractivity contribution < 1.29 is 32.3 Å². The number of rotatable bonds is 8. The Bertz CT molecular complexity index is 966. The molecule has 4 saturated carbocycles. The first-order valence-electron chi connectivity index (χ1n) is 15.0. The van der Waals surface area contributed by atoms with Crippen LogP contribution in [-0.4, -0.2) is 56.3 Å². The number of methoxy groups -OCH3 is 1. The van der Waals surface area contributed by atoms with Crippen LogP contribution in [0.3, 0.4) is 0 Å². The number of esters is 1. The summed E-state index contributed by atoms with van der Waals surface area (Å²) in [5, 5.41) is 23.4. The Kier molecular flexibility index (Phi) is 8.71. The molecule has 0 aromatic heterocycles. The Balaban J connectivity index is 1.51. The Morgan fingerprint density at radius 2 is 1.68 bits per heavy atom. The predicted octanol–water partition coefficient (Wildman–Crippen LogP) is 4.79. The van der Waals surface area contributed by atoms with Crippen molar-refractivity contribution in [3.63, 3.8) is 0 Å². The van der Waals surface area contributed by atoms with Crippen LogP contribution in [0.2, 0.25) is 0 Å². The van der Waals surface area contributed by atoms with Crippen molar-refractivity contribution in [2.75, 3.05) is 13.4 Å². The molecular weight excluding hydrogens is 504 g/mol. The average Bonchev–Trinajstić information content (AvgIpc) is 3.18. The Morgan fingerprint density at radius 3 is 2.29 bits per heavy atom. The molecule has 0 aliphatic heterocycles. The summed E-state index contributed by atoms with van der Waals surface area (Å²) in [6.07, 6.45) is 7.31. The lowest BCUT2D eigenvalue weighted by Gasteiger charge is -2.63. The maximum absolute atomic E-state index is 12.3. The van der Waals surface area contributed by atoms with E-state index in [0.29, 0.717) is 37.5 Å². The summed E-state index contributed by atoms with van der Waals surface area (Å²) in [5.41, 5.74) is -0.280. The minimum absolute atomic E-state index is 0.0295. The quantitative estimate of drug-likeness (QED) is 0.327. The highest BCUT2D eigenvalue weighted by molar-refractivity contribution is 7.86. The summed E-state index contributed by atoms with van der Waals surface area (Å²) < 4.78 is 34.0. The van der Waals surface area contributed by atoms with Crippen LogP contribution in [0.25, 0.3) is 0 Å². The van der Waals surface area contributed by atoms with Crippen molar-refractivity contribution in [2.24, 2.45) is 58.2 Å². The van der Waals surface area contributed by atoms with E-state index in [1.807, 2.05) is 0 Å². The van der Waals surface area contributed by atoms with Gasteiger partial charge in [-0.3, -0.25) is 8.98 Å². The number of fused-ring (bicyclic) bond motifs is 5. The topological polar surface area (TPSA) is 110 Å². The lowest BCUT2D eigenvalue weighted by molar-refractivity contribution is -0.206.